The lowest BCUT2D eigenvalue weighted by Crippen LogP contribution is -2.31. The third kappa shape index (κ3) is 3.41. The van der Waals surface area contributed by atoms with Gasteiger partial charge in [-0.3, -0.25) is 14.1 Å². The summed E-state index contributed by atoms with van der Waals surface area (Å²) < 4.78 is 7.28. The Morgan fingerprint density at radius 3 is 2.67 bits per heavy atom. The van der Waals surface area contributed by atoms with Crippen molar-refractivity contribution in [3.63, 3.8) is 0 Å². The highest BCUT2D eigenvalue weighted by Gasteiger charge is 2.15. The second-order valence-electron chi connectivity index (χ2n) is 6.48. The zero-order chi connectivity index (χ0) is 17.3. The van der Waals surface area contributed by atoms with E-state index in [0.29, 0.717) is 19.1 Å². The molecule has 3 heterocycles. The van der Waals surface area contributed by atoms with Crippen LogP contribution in [0.25, 0.3) is 5.65 Å². The molecule has 0 aliphatic carbocycles. The Morgan fingerprint density at radius 1 is 1.21 bits per heavy atom. The SMILES string of the molecule is Cc1ccc(CN(Cc2cc(=O)n3cccc(C)c3n2)C(C)C)o1. The van der Waals surface area contributed by atoms with E-state index >= 15 is 0 Å². The van der Waals surface area contributed by atoms with Gasteiger partial charge in [0.2, 0.25) is 0 Å². The van der Waals surface area contributed by atoms with Crippen LogP contribution < -0.4 is 5.56 Å². The average Bonchev–Trinajstić information content (AvgIpc) is 2.93. The third-order valence-corrected chi connectivity index (χ3v) is 4.19. The molecule has 0 unspecified atom stereocenters. The molecule has 0 N–H and O–H groups in total. The first-order valence-electron chi connectivity index (χ1n) is 8.21. The van der Waals surface area contributed by atoms with Crippen LogP contribution in [0.15, 0.2) is 45.7 Å². The fourth-order valence-corrected chi connectivity index (χ4v) is 2.79. The molecule has 0 radical (unpaired) electrons. The van der Waals surface area contributed by atoms with E-state index in [2.05, 4.69) is 18.7 Å². The van der Waals surface area contributed by atoms with Crippen molar-refractivity contribution in [3.8, 4) is 0 Å². The molecule has 0 atom stereocenters. The van der Waals surface area contributed by atoms with Gasteiger partial charge in [-0.25, -0.2) is 4.98 Å². The maximum absolute atomic E-state index is 12.4. The number of furan rings is 1. The number of nitrogens with zero attached hydrogens (tertiary/aromatic N) is 3. The first-order chi connectivity index (χ1) is 11.4. The molecule has 3 aromatic heterocycles. The van der Waals surface area contributed by atoms with Crippen molar-refractivity contribution in [2.75, 3.05) is 0 Å². The van der Waals surface area contributed by atoms with E-state index in [1.165, 1.54) is 0 Å². The van der Waals surface area contributed by atoms with Gasteiger partial charge in [-0.15, -0.1) is 0 Å². The molecule has 0 fully saturated rings. The number of hydrogen-bond donors (Lipinski definition) is 0. The molecule has 0 spiro atoms. The summed E-state index contributed by atoms with van der Waals surface area (Å²) >= 11 is 0. The molecule has 24 heavy (non-hydrogen) atoms. The second-order valence-corrected chi connectivity index (χ2v) is 6.48. The van der Waals surface area contributed by atoms with E-state index in [1.807, 2.05) is 38.1 Å². The monoisotopic (exact) mass is 325 g/mol. The molecule has 0 aliphatic rings. The molecule has 0 amide bonds. The lowest BCUT2D eigenvalue weighted by molar-refractivity contribution is 0.184. The highest BCUT2D eigenvalue weighted by Crippen LogP contribution is 2.15. The van der Waals surface area contributed by atoms with E-state index in [0.717, 1.165) is 28.4 Å². The summed E-state index contributed by atoms with van der Waals surface area (Å²) in [6.45, 7) is 9.48. The minimum Gasteiger partial charge on any atom is -0.465 e. The van der Waals surface area contributed by atoms with Gasteiger partial charge in [0.1, 0.15) is 17.2 Å². The molecule has 0 aliphatic heterocycles. The van der Waals surface area contributed by atoms with Crippen LogP contribution in [0.4, 0.5) is 0 Å². The normalized spacial score (nSPS) is 11.8. The Labute approximate surface area is 141 Å². The molecule has 126 valence electrons. The summed E-state index contributed by atoms with van der Waals surface area (Å²) in [6.07, 6.45) is 1.76. The van der Waals surface area contributed by atoms with Crippen LogP contribution in [0.5, 0.6) is 0 Å². The van der Waals surface area contributed by atoms with Crippen LogP contribution in [0.2, 0.25) is 0 Å². The minimum atomic E-state index is -0.0451. The van der Waals surface area contributed by atoms with Gasteiger partial charge in [0, 0.05) is 24.8 Å². The van der Waals surface area contributed by atoms with Crippen LogP contribution >= 0.6 is 0 Å². The standard InChI is InChI=1S/C19H23N3O2/c1-13(2)21(12-17-8-7-15(4)24-17)11-16-10-18(23)22-9-5-6-14(3)19(22)20-16/h5-10,13H,11-12H2,1-4H3. The topological polar surface area (TPSA) is 50.8 Å². The predicted molar refractivity (Wildman–Crippen MR) is 94.0 cm³/mol. The van der Waals surface area contributed by atoms with Crippen LogP contribution in [-0.4, -0.2) is 20.3 Å². The van der Waals surface area contributed by atoms with Crippen molar-refractivity contribution >= 4 is 5.65 Å². The number of hydrogen-bond acceptors (Lipinski definition) is 4. The zero-order valence-electron chi connectivity index (χ0n) is 14.6. The Bertz CT molecular complexity index is 908. The van der Waals surface area contributed by atoms with Crippen LogP contribution in [0.3, 0.4) is 0 Å². The van der Waals surface area contributed by atoms with Gasteiger partial charge in [-0.2, -0.15) is 0 Å². The summed E-state index contributed by atoms with van der Waals surface area (Å²) in [5.74, 6) is 1.83. The number of pyridine rings is 1. The van der Waals surface area contributed by atoms with Crippen molar-refractivity contribution in [2.45, 2.75) is 46.8 Å². The molecule has 3 rings (SSSR count). The number of aryl methyl sites for hydroxylation is 2. The lowest BCUT2D eigenvalue weighted by atomic mass is 10.2. The van der Waals surface area contributed by atoms with Gasteiger partial charge in [0.25, 0.3) is 5.56 Å². The molecule has 0 saturated heterocycles. The highest BCUT2D eigenvalue weighted by molar-refractivity contribution is 5.46. The molecule has 0 bridgehead atoms. The number of fused-ring (bicyclic) bond motifs is 1. The fourth-order valence-electron chi connectivity index (χ4n) is 2.79. The van der Waals surface area contributed by atoms with Gasteiger partial charge in [0.15, 0.2) is 0 Å². The molecule has 0 saturated carbocycles. The quantitative estimate of drug-likeness (QED) is 0.722. The van der Waals surface area contributed by atoms with Crippen molar-refractivity contribution in [1.29, 1.82) is 0 Å². The van der Waals surface area contributed by atoms with Crippen molar-refractivity contribution in [1.82, 2.24) is 14.3 Å². The molecular weight excluding hydrogens is 302 g/mol. The summed E-state index contributed by atoms with van der Waals surface area (Å²) in [4.78, 5) is 19.3. The highest BCUT2D eigenvalue weighted by atomic mass is 16.3. The Kier molecular flexibility index (Phi) is 4.53. The Balaban J connectivity index is 1.91. The third-order valence-electron chi connectivity index (χ3n) is 4.19. The maximum atomic E-state index is 12.4. The van der Waals surface area contributed by atoms with Gasteiger partial charge in [-0.05, 0) is 51.5 Å². The predicted octanol–water partition coefficient (Wildman–Crippen LogP) is 3.31. The molecule has 0 aromatic carbocycles. The zero-order valence-corrected chi connectivity index (χ0v) is 14.6. The van der Waals surface area contributed by atoms with Gasteiger partial charge in [0.05, 0.1) is 12.2 Å². The van der Waals surface area contributed by atoms with E-state index < -0.39 is 0 Å². The second kappa shape index (κ2) is 6.61. The van der Waals surface area contributed by atoms with E-state index in [4.69, 9.17) is 9.40 Å². The first kappa shape index (κ1) is 16.5. The summed E-state index contributed by atoms with van der Waals surface area (Å²) in [7, 11) is 0. The van der Waals surface area contributed by atoms with Gasteiger partial charge >= 0.3 is 0 Å². The summed E-state index contributed by atoms with van der Waals surface area (Å²) in [5, 5.41) is 0. The molecule has 3 aromatic rings. The smallest absolute Gasteiger partial charge is 0.258 e. The van der Waals surface area contributed by atoms with Gasteiger partial charge < -0.3 is 4.42 Å². The Hall–Kier alpha value is -2.40. The van der Waals surface area contributed by atoms with Crippen molar-refractivity contribution < 1.29 is 4.42 Å². The molecule has 5 heteroatoms. The first-order valence-corrected chi connectivity index (χ1v) is 8.21. The summed E-state index contributed by atoms with van der Waals surface area (Å²) in [5.41, 5.74) is 2.45. The maximum Gasteiger partial charge on any atom is 0.258 e. The fraction of sp³-hybridized carbons (Fsp3) is 0.368. The number of rotatable bonds is 5. The van der Waals surface area contributed by atoms with E-state index in [9.17, 15) is 4.79 Å². The minimum absolute atomic E-state index is 0.0451. The van der Waals surface area contributed by atoms with Crippen LogP contribution in [-0.2, 0) is 13.1 Å². The van der Waals surface area contributed by atoms with Crippen LogP contribution in [0.1, 0.15) is 36.6 Å². The average molecular weight is 325 g/mol. The number of aromatic nitrogens is 2. The van der Waals surface area contributed by atoms with Gasteiger partial charge in [-0.1, -0.05) is 6.07 Å². The van der Waals surface area contributed by atoms with E-state index in [-0.39, 0.29) is 5.56 Å². The van der Waals surface area contributed by atoms with E-state index in [1.54, 1.807) is 16.7 Å². The lowest BCUT2D eigenvalue weighted by Gasteiger charge is -2.25. The van der Waals surface area contributed by atoms with Crippen molar-refractivity contribution in [3.05, 3.63) is 69.7 Å². The largest absolute Gasteiger partial charge is 0.465 e. The summed E-state index contributed by atoms with van der Waals surface area (Å²) in [6, 6.07) is 9.74. The van der Waals surface area contributed by atoms with Crippen LogP contribution in [0, 0.1) is 13.8 Å². The van der Waals surface area contributed by atoms with Crippen molar-refractivity contribution in [2.24, 2.45) is 0 Å². The molecule has 5 nitrogen and oxygen atoms in total. The molecular formula is C19H23N3O2. The Morgan fingerprint density at radius 2 is 2.00 bits per heavy atom.